The third-order valence-corrected chi connectivity index (χ3v) is 5.02. The van der Waals surface area contributed by atoms with Gasteiger partial charge >= 0.3 is 0 Å². The highest BCUT2D eigenvalue weighted by Gasteiger charge is 2.17. The van der Waals surface area contributed by atoms with Crippen molar-refractivity contribution in [1.29, 1.82) is 0 Å². The number of carbonyl (C=O) groups is 4. The molecule has 0 aliphatic carbocycles. The minimum absolute atomic E-state index is 0.179. The Bertz CT molecular complexity index is 1040. The van der Waals surface area contributed by atoms with Gasteiger partial charge in [0.2, 0.25) is 0 Å². The first-order valence-electron chi connectivity index (χ1n) is 8.37. The normalized spacial score (nSPS) is 10.2. The number of thiophene rings is 1. The molecule has 0 saturated carbocycles. The lowest BCUT2D eigenvalue weighted by molar-refractivity contribution is 0.0990. The average molecular weight is 408 g/mol. The smallest absolute Gasteiger partial charge is 0.265 e. The van der Waals surface area contributed by atoms with Gasteiger partial charge in [-0.1, -0.05) is 24.3 Å². The summed E-state index contributed by atoms with van der Waals surface area (Å²) in [4.78, 5) is 48.4. The van der Waals surface area contributed by atoms with Crippen molar-refractivity contribution in [1.82, 2.24) is 0 Å². The van der Waals surface area contributed by atoms with Crippen molar-refractivity contribution >= 4 is 46.3 Å². The Balaban J connectivity index is 1.76. The Labute approximate surface area is 169 Å². The number of primary amides is 2. The molecule has 0 fully saturated rings. The minimum atomic E-state index is -0.666. The molecule has 0 unspecified atom stereocenters. The van der Waals surface area contributed by atoms with E-state index in [0.29, 0.717) is 0 Å². The van der Waals surface area contributed by atoms with E-state index in [1.54, 1.807) is 36.4 Å². The molecule has 3 rings (SSSR count). The molecule has 1 heterocycles. The number of carbonyl (C=O) groups excluding carboxylic acids is 4. The lowest BCUT2D eigenvalue weighted by Gasteiger charge is -2.08. The Morgan fingerprint density at radius 3 is 1.38 bits per heavy atom. The maximum Gasteiger partial charge on any atom is 0.265 e. The largest absolute Gasteiger partial charge is 0.366 e. The molecule has 1 aromatic heterocycles. The Kier molecular flexibility index (Phi) is 5.70. The molecule has 4 amide bonds. The summed E-state index contributed by atoms with van der Waals surface area (Å²) < 4.78 is 0. The number of nitrogens with two attached hydrogens (primary N) is 2. The van der Waals surface area contributed by atoms with E-state index in [2.05, 4.69) is 10.6 Å². The minimum Gasteiger partial charge on any atom is -0.366 e. The number of hydrogen-bond donors (Lipinski definition) is 4. The van der Waals surface area contributed by atoms with Crippen molar-refractivity contribution in [3.8, 4) is 0 Å². The van der Waals surface area contributed by atoms with Gasteiger partial charge in [0.25, 0.3) is 23.6 Å². The van der Waals surface area contributed by atoms with E-state index in [1.807, 2.05) is 0 Å². The van der Waals surface area contributed by atoms with Gasteiger partial charge in [0.1, 0.15) is 0 Å². The number of para-hydroxylation sites is 2. The van der Waals surface area contributed by atoms with Gasteiger partial charge in [-0.05, 0) is 36.4 Å². The van der Waals surface area contributed by atoms with Crippen LogP contribution in [0.5, 0.6) is 0 Å². The standard InChI is InChI=1S/C20H16N4O4S/c21-17(25)11-5-1-3-7-13(11)23-19(27)15-9-10-16(29-15)20(28)24-14-8-4-2-6-12(14)18(22)26/h1-10H,(H2,21,25)(H2,22,26)(H,23,27)(H,24,28). The van der Waals surface area contributed by atoms with Crippen LogP contribution in [0.25, 0.3) is 0 Å². The topological polar surface area (TPSA) is 144 Å². The van der Waals surface area contributed by atoms with Gasteiger partial charge in [-0.3, -0.25) is 19.2 Å². The highest BCUT2D eigenvalue weighted by Crippen LogP contribution is 2.22. The second kappa shape index (κ2) is 8.36. The summed E-state index contributed by atoms with van der Waals surface area (Å²) in [6.45, 7) is 0. The van der Waals surface area contributed by atoms with Crippen LogP contribution in [0.15, 0.2) is 60.7 Å². The number of benzene rings is 2. The predicted molar refractivity (Wildman–Crippen MR) is 110 cm³/mol. The number of nitrogens with one attached hydrogen (secondary N) is 2. The molecule has 0 saturated heterocycles. The van der Waals surface area contributed by atoms with Crippen LogP contribution in [0, 0.1) is 0 Å². The fourth-order valence-corrected chi connectivity index (χ4v) is 3.36. The van der Waals surface area contributed by atoms with Gasteiger partial charge in [0.05, 0.1) is 32.3 Å². The molecular weight excluding hydrogens is 392 g/mol. The van der Waals surface area contributed by atoms with E-state index in [1.165, 1.54) is 24.3 Å². The highest BCUT2D eigenvalue weighted by atomic mass is 32.1. The number of anilines is 2. The Hall–Kier alpha value is -3.98. The Morgan fingerprint density at radius 1 is 0.621 bits per heavy atom. The first-order chi connectivity index (χ1) is 13.9. The van der Waals surface area contributed by atoms with Crippen molar-refractivity contribution < 1.29 is 19.2 Å². The second-order valence-electron chi connectivity index (χ2n) is 5.89. The molecule has 0 spiro atoms. The molecule has 0 bridgehead atoms. The predicted octanol–water partition coefficient (Wildman–Crippen LogP) is 2.45. The SMILES string of the molecule is NC(=O)c1ccccc1NC(=O)c1ccc(C(=O)Nc2ccccc2C(N)=O)s1. The van der Waals surface area contributed by atoms with Gasteiger partial charge < -0.3 is 22.1 Å². The van der Waals surface area contributed by atoms with E-state index in [0.717, 1.165) is 11.3 Å². The molecule has 0 aliphatic heterocycles. The lowest BCUT2D eigenvalue weighted by atomic mass is 10.1. The zero-order valence-electron chi connectivity index (χ0n) is 15.0. The van der Waals surface area contributed by atoms with Gasteiger partial charge in [-0.2, -0.15) is 0 Å². The van der Waals surface area contributed by atoms with Crippen LogP contribution < -0.4 is 22.1 Å². The quantitative estimate of drug-likeness (QED) is 0.496. The third kappa shape index (κ3) is 4.47. The van der Waals surface area contributed by atoms with E-state index < -0.39 is 23.6 Å². The molecule has 146 valence electrons. The van der Waals surface area contributed by atoms with Gasteiger partial charge in [0, 0.05) is 0 Å². The van der Waals surface area contributed by atoms with Crippen LogP contribution in [0.1, 0.15) is 40.1 Å². The van der Waals surface area contributed by atoms with E-state index in [9.17, 15) is 19.2 Å². The van der Waals surface area contributed by atoms with Gasteiger partial charge in [-0.25, -0.2) is 0 Å². The fraction of sp³-hybridized carbons (Fsp3) is 0. The van der Waals surface area contributed by atoms with Gasteiger partial charge in [-0.15, -0.1) is 11.3 Å². The first-order valence-corrected chi connectivity index (χ1v) is 9.18. The van der Waals surface area contributed by atoms with E-state index >= 15 is 0 Å². The number of rotatable bonds is 6. The van der Waals surface area contributed by atoms with E-state index in [4.69, 9.17) is 11.5 Å². The second-order valence-corrected chi connectivity index (χ2v) is 6.98. The molecule has 3 aromatic rings. The summed E-state index contributed by atoms with van der Waals surface area (Å²) in [6.07, 6.45) is 0. The highest BCUT2D eigenvalue weighted by molar-refractivity contribution is 7.16. The molecular formula is C20H16N4O4S. The molecule has 0 aliphatic rings. The molecule has 9 heteroatoms. The van der Waals surface area contributed by atoms with Crippen LogP contribution >= 0.6 is 11.3 Å². The maximum atomic E-state index is 12.5. The summed E-state index contributed by atoms with van der Waals surface area (Å²) in [5.74, 6) is -2.30. The molecule has 2 aromatic carbocycles. The fourth-order valence-electron chi connectivity index (χ4n) is 2.56. The van der Waals surface area contributed by atoms with Crippen LogP contribution in [-0.2, 0) is 0 Å². The van der Waals surface area contributed by atoms with Crippen LogP contribution in [0.2, 0.25) is 0 Å². The van der Waals surface area contributed by atoms with Crippen molar-refractivity contribution in [2.24, 2.45) is 11.5 Å². The van der Waals surface area contributed by atoms with Crippen molar-refractivity contribution in [2.75, 3.05) is 10.6 Å². The number of amides is 4. The van der Waals surface area contributed by atoms with Crippen LogP contribution in [0.3, 0.4) is 0 Å². The monoisotopic (exact) mass is 408 g/mol. The average Bonchev–Trinajstić information content (AvgIpc) is 3.19. The molecule has 29 heavy (non-hydrogen) atoms. The molecule has 0 radical (unpaired) electrons. The summed E-state index contributed by atoms with van der Waals surface area (Å²) in [6, 6.07) is 15.7. The molecule has 8 nitrogen and oxygen atoms in total. The Morgan fingerprint density at radius 2 is 1.00 bits per heavy atom. The zero-order valence-corrected chi connectivity index (χ0v) is 15.8. The summed E-state index contributed by atoms with van der Waals surface area (Å²) in [7, 11) is 0. The molecule has 0 atom stereocenters. The lowest BCUT2D eigenvalue weighted by Crippen LogP contribution is -2.18. The summed E-state index contributed by atoms with van der Waals surface area (Å²) >= 11 is 0.960. The first kappa shape index (κ1) is 19.8. The third-order valence-electron chi connectivity index (χ3n) is 3.94. The summed E-state index contributed by atoms with van der Waals surface area (Å²) in [5, 5.41) is 5.22. The zero-order chi connectivity index (χ0) is 21.0. The van der Waals surface area contributed by atoms with Crippen molar-refractivity contribution in [3.63, 3.8) is 0 Å². The van der Waals surface area contributed by atoms with Crippen LogP contribution in [0.4, 0.5) is 11.4 Å². The number of hydrogen-bond acceptors (Lipinski definition) is 5. The maximum absolute atomic E-state index is 12.5. The van der Waals surface area contributed by atoms with Crippen LogP contribution in [-0.4, -0.2) is 23.6 Å². The summed E-state index contributed by atoms with van der Waals surface area (Å²) in [5.41, 5.74) is 11.5. The van der Waals surface area contributed by atoms with Crippen molar-refractivity contribution in [3.05, 3.63) is 81.5 Å². The molecule has 6 N–H and O–H groups in total. The van der Waals surface area contributed by atoms with Crippen molar-refractivity contribution in [2.45, 2.75) is 0 Å². The van der Waals surface area contributed by atoms with E-state index in [-0.39, 0.29) is 32.3 Å². The van der Waals surface area contributed by atoms with Gasteiger partial charge in [0.15, 0.2) is 0 Å².